The van der Waals surface area contributed by atoms with Gasteiger partial charge in [0.1, 0.15) is 23.9 Å². The molecule has 0 radical (unpaired) electrons. The van der Waals surface area contributed by atoms with Crippen molar-refractivity contribution in [3.8, 4) is 11.5 Å². The second-order valence-corrected chi connectivity index (χ2v) is 5.98. The highest BCUT2D eigenvalue weighted by Crippen LogP contribution is 2.17. The molecule has 0 atom stereocenters. The maximum absolute atomic E-state index is 5.71. The van der Waals surface area contributed by atoms with Crippen LogP contribution in [-0.4, -0.2) is 68.4 Å². The summed E-state index contributed by atoms with van der Waals surface area (Å²) in [6, 6.07) is 9.45. The van der Waals surface area contributed by atoms with E-state index in [9.17, 15) is 0 Å². The van der Waals surface area contributed by atoms with Crippen LogP contribution >= 0.6 is 0 Å². The zero-order valence-electron chi connectivity index (χ0n) is 14.8. The molecule has 1 aromatic heterocycles. The minimum atomic E-state index is 0.556. The molecule has 1 aliphatic rings. The summed E-state index contributed by atoms with van der Waals surface area (Å²) in [5.41, 5.74) is 0. The van der Waals surface area contributed by atoms with Gasteiger partial charge in [-0.25, -0.2) is 4.98 Å². The van der Waals surface area contributed by atoms with E-state index in [1.807, 2.05) is 30.3 Å². The quantitative estimate of drug-likeness (QED) is 0.768. The van der Waals surface area contributed by atoms with Crippen LogP contribution in [0.15, 0.2) is 36.5 Å². The summed E-state index contributed by atoms with van der Waals surface area (Å²) in [5, 5.41) is 3.29. The van der Waals surface area contributed by atoms with E-state index in [2.05, 4.69) is 32.1 Å². The standard InChI is InChI=1S/C18H25N5O2/c1-22-10-12-23(13-11-22)18-20-8-7-17(21-18)19-9-14-25-16-5-3-15(24-2)4-6-16/h3-8H,9-14H2,1-2H3,(H,19,20,21). The molecule has 2 heterocycles. The third kappa shape index (κ3) is 4.96. The van der Waals surface area contributed by atoms with Crippen LogP contribution in [0, 0.1) is 0 Å². The van der Waals surface area contributed by atoms with Gasteiger partial charge in [-0.15, -0.1) is 0 Å². The van der Waals surface area contributed by atoms with Gasteiger partial charge in [0.15, 0.2) is 0 Å². The molecule has 0 bridgehead atoms. The third-order valence-corrected chi connectivity index (χ3v) is 4.17. The van der Waals surface area contributed by atoms with Crippen LogP contribution in [-0.2, 0) is 0 Å². The smallest absolute Gasteiger partial charge is 0.227 e. The third-order valence-electron chi connectivity index (χ3n) is 4.17. The van der Waals surface area contributed by atoms with Gasteiger partial charge < -0.3 is 24.6 Å². The number of aromatic nitrogens is 2. The molecule has 0 saturated carbocycles. The van der Waals surface area contributed by atoms with Gasteiger partial charge in [-0.05, 0) is 37.4 Å². The van der Waals surface area contributed by atoms with Crippen LogP contribution in [0.5, 0.6) is 11.5 Å². The lowest BCUT2D eigenvalue weighted by molar-refractivity contribution is 0.311. The van der Waals surface area contributed by atoms with Crippen molar-refractivity contribution in [2.24, 2.45) is 0 Å². The maximum atomic E-state index is 5.71. The fourth-order valence-electron chi connectivity index (χ4n) is 2.63. The van der Waals surface area contributed by atoms with E-state index in [1.165, 1.54) is 0 Å². The lowest BCUT2D eigenvalue weighted by Crippen LogP contribution is -2.45. The molecule has 0 unspecified atom stereocenters. The van der Waals surface area contributed by atoms with Gasteiger partial charge in [-0.2, -0.15) is 4.98 Å². The zero-order valence-corrected chi connectivity index (χ0v) is 14.8. The predicted octanol–water partition coefficient (Wildman–Crippen LogP) is 1.73. The first-order chi connectivity index (χ1) is 12.2. The SMILES string of the molecule is COc1ccc(OCCNc2ccnc(N3CCN(C)CC3)n2)cc1. The number of ether oxygens (including phenoxy) is 2. The molecule has 1 aromatic carbocycles. The second kappa shape index (κ2) is 8.53. The highest BCUT2D eigenvalue weighted by Gasteiger charge is 2.16. The molecule has 1 N–H and O–H groups in total. The molecule has 1 aliphatic heterocycles. The highest BCUT2D eigenvalue weighted by atomic mass is 16.5. The van der Waals surface area contributed by atoms with Crippen molar-refractivity contribution in [3.05, 3.63) is 36.5 Å². The van der Waals surface area contributed by atoms with Crippen molar-refractivity contribution in [1.82, 2.24) is 14.9 Å². The number of nitrogens with one attached hydrogen (secondary N) is 1. The van der Waals surface area contributed by atoms with Gasteiger partial charge >= 0.3 is 0 Å². The molecule has 1 saturated heterocycles. The van der Waals surface area contributed by atoms with Gasteiger partial charge in [0.2, 0.25) is 5.95 Å². The van der Waals surface area contributed by atoms with Crippen molar-refractivity contribution < 1.29 is 9.47 Å². The number of benzene rings is 1. The number of anilines is 2. The van der Waals surface area contributed by atoms with Crippen LogP contribution in [0.25, 0.3) is 0 Å². The lowest BCUT2D eigenvalue weighted by atomic mass is 10.3. The Morgan fingerprint density at radius 2 is 1.76 bits per heavy atom. The summed E-state index contributed by atoms with van der Waals surface area (Å²) < 4.78 is 10.8. The number of methoxy groups -OCH3 is 1. The average molecular weight is 343 g/mol. The molecular formula is C18H25N5O2. The molecule has 3 rings (SSSR count). The van der Waals surface area contributed by atoms with E-state index < -0.39 is 0 Å². The number of rotatable bonds is 7. The van der Waals surface area contributed by atoms with Gasteiger partial charge in [0.05, 0.1) is 13.7 Å². The van der Waals surface area contributed by atoms with Gasteiger partial charge in [-0.3, -0.25) is 0 Å². The Hall–Kier alpha value is -2.54. The molecule has 7 nitrogen and oxygen atoms in total. The molecule has 0 aliphatic carbocycles. The van der Waals surface area contributed by atoms with Gasteiger partial charge in [0.25, 0.3) is 0 Å². The fraction of sp³-hybridized carbons (Fsp3) is 0.444. The Balaban J connectivity index is 1.45. The molecule has 2 aromatic rings. The first-order valence-corrected chi connectivity index (χ1v) is 8.52. The summed E-state index contributed by atoms with van der Waals surface area (Å²) in [6.07, 6.45) is 1.80. The normalized spacial score (nSPS) is 15.0. The van der Waals surface area contributed by atoms with Crippen molar-refractivity contribution >= 4 is 11.8 Å². The zero-order chi connectivity index (χ0) is 17.5. The van der Waals surface area contributed by atoms with E-state index in [0.717, 1.165) is 49.4 Å². The largest absolute Gasteiger partial charge is 0.497 e. The molecule has 134 valence electrons. The topological polar surface area (TPSA) is 62.8 Å². The Labute approximate surface area is 148 Å². The van der Waals surface area contributed by atoms with E-state index in [0.29, 0.717) is 13.2 Å². The minimum absolute atomic E-state index is 0.556. The maximum Gasteiger partial charge on any atom is 0.227 e. The summed E-state index contributed by atoms with van der Waals surface area (Å²) >= 11 is 0. The summed E-state index contributed by atoms with van der Waals surface area (Å²) in [5.74, 6) is 3.25. The van der Waals surface area contributed by atoms with Crippen LogP contribution in [0.3, 0.4) is 0 Å². The molecule has 1 fully saturated rings. The van der Waals surface area contributed by atoms with E-state index in [1.54, 1.807) is 13.3 Å². The van der Waals surface area contributed by atoms with Crippen molar-refractivity contribution in [2.45, 2.75) is 0 Å². The Kier molecular flexibility index (Phi) is 5.90. The second-order valence-electron chi connectivity index (χ2n) is 5.98. The first-order valence-electron chi connectivity index (χ1n) is 8.52. The number of piperazine rings is 1. The number of likely N-dealkylation sites (N-methyl/N-ethyl adjacent to an activating group) is 1. The Morgan fingerprint density at radius 1 is 1.04 bits per heavy atom. The van der Waals surface area contributed by atoms with Gasteiger partial charge in [0, 0.05) is 32.4 Å². The van der Waals surface area contributed by atoms with E-state index in [-0.39, 0.29) is 0 Å². The van der Waals surface area contributed by atoms with Crippen LogP contribution in [0.1, 0.15) is 0 Å². The van der Waals surface area contributed by atoms with Crippen LogP contribution < -0.4 is 19.7 Å². The number of hydrogen-bond donors (Lipinski definition) is 1. The van der Waals surface area contributed by atoms with Gasteiger partial charge in [-0.1, -0.05) is 0 Å². The van der Waals surface area contributed by atoms with Crippen LogP contribution in [0.4, 0.5) is 11.8 Å². The number of nitrogens with zero attached hydrogens (tertiary/aromatic N) is 4. The molecule has 0 spiro atoms. The predicted molar refractivity (Wildman–Crippen MR) is 98.7 cm³/mol. The van der Waals surface area contributed by atoms with Crippen molar-refractivity contribution in [1.29, 1.82) is 0 Å². The Bertz CT molecular complexity index is 657. The average Bonchev–Trinajstić information content (AvgIpc) is 2.66. The summed E-state index contributed by atoms with van der Waals surface area (Å²) in [6.45, 7) is 5.22. The summed E-state index contributed by atoms with van der Waals surface area (Å²) in [4.78, 5) is 13.5. The monoisotopic (exact) mass is 343 g/mol. The Morgan fingerprint density at radius 3 is 2.48 bits per heavy atom. The molecule has 0 amide bonds. The molecule has 25 heavy (non-hydrogen) atoms. The van der Waals surface area contributed by atoms with Crippen molar-refractivity contribution in [3.63, 3.8) is 0 Å². The van der Waals surface area contributed by atoms with Crippen molar-refractivity contribution in [2.75, 3.05) is 63.7 Å². The van der Waals surface area contributed by atoms with E-state index >= 15 is 0 Å². The minimum Gasteiger partial charge on any atom is -0.497 e. The number of hydrogen-bond acceptors (Lipinski definition) is 7. The highest BCUT2D eigenvalue weighted by molar-refractivity contribution is 5.41. The van der Waals surface area contributed by atoms with E-state index in [4.69, 9.17) is 9.47 Å². The summed E-state index contributed by atoms with van der Waals surface area (Å²) in [7, 11) is 3.79. The fourth-order valence-corrected chi connectivity index (χ4v) is 2.63. The molecular weight excluding hydrogens is 318 g/mol. The molecule has 7 heteroatoms. The lowest BCUT2D eigenvalue weighted by Gasteiger charge is -2.32. The van der Waals surface area contributed by atoms with Crippen LogP contribution in [0.2, 0.25) is 0 Å². The first kappa shape index (κ1) is 17.3.